The van der Waals surface area contributed by atoms with Crippen molar-refractivity contribution in [2.45, 2.75) is 39.8 Å². The topological polar surface area (TPSA) is 74.3 Å². The maximum Gasteiger partial charge on any atom is 0.267 e. The number of rotatable bonds is 8. The number of aromatic nitrogens is 1. The monoisotopic (exact) mass is 482 g/mol. The molecule has 1 aromatic carbocycles. The van der Waals surface area contributed by atoms with Crippen molar-refractivity contribution in [1.82, 2.24) is 15.2 Å². The van der Waals surface area contributed by atoms with Crippen LogP contribution in [0.25, 0.3) is 0 Å². The van der Waals surface area contributed by atoms with E-state index in [1.54, 1.807) is 11.4 Å². The second-order valence-electron chi connectivity index (χ2n) is 8.99. The first-order chi connectivity index (χ1) is 15.9. The fraction of sp³-hybridized carbons (Fsp3) is 0.400. The van der Waals surface area contributed by atoms with Crippen LogP contribution in [0, 0.1) is 11.8 Å². The summed E-state index contributed by atoms with van der Waals surface area (Å²) in [6, 6.07) is 12.1. The van der Waals surface area contributed by atoms with Crippen LogP contribution in [0.5, 0.6) is 0 Å². The summed E-state index contributed by atoms with van der Waals surface area (Å²) in [5.74, 6) is 1.25. The van der Waals surface area contributed by atoms with Gasteiger partial charge in [-0.15, -0.1) is 22.7 Å². The zero-order valence-corrected chi connectivity index (χ0v) is 20.7. The molecule has 1 saturated heterocycles. The van der Waals surface area contributed by atoms with E-state index in [-0.39, 0.29) is 18.2 Å². The molecule has 2 unspecified atom stereocenters. The molecule has 0 radical (unpaired) electrons. The number of thiophene rings is 1. The Morgan fingerprint density at radius 2 is 1.79 bits per heavy atom. The molecular weight excluding hydrogens is 452 g/mol. The van der Waals surface area contributed by atoms with Crippen molar-refractivity contribution >= 4 is 39.6 Å². The van der Waals surface area contributed by atoms with Gasteiger partial charge in [-0.05, 0) is 40.8 Å². The molecule has 0 spiro atoms. The molecule has 1 aliphatic heterocycles. The Morgan fingerprint density at radius 1 is 1.06 bits per heavy atom. The Kier molecular flexibility index (Phi) is 7.90. The van der Waals surface area contributed by atoms with Crippen molar-refractivity contribution in [3.05, 3.63) is 68.9 Å². The van der Waals surface area contributed by atoms with E-state index in [1.807, 2.05) is 11.4 Å². The van der Waals surface area contributed by atoms with Gasteiger partial charge in [0.1, 0.15) is 0 Å². The van der Waals surface area contributed by atoms with Crippen molar-refractivity contribution in [2.75, 3.05) is 18.4 Å². The molecule has 3 heterocycles. The number of amides is 2. The first kappa shape index (κ1) is 23.6. The number of piperidine rings is 1. The number of carbonyl (C=O) groups excluding carboxylic acids is 2. The number of nitrogens with one attached hydrogen (secondary N) is 2. The highest BCUT2D eigenvalue weighted by Crippen LogP contribution is 2.22. The zero-order valence-electron chi connectivity index (χ0n) is 19.0. The molecule has 3 aromatic rings. The normalized spacial score (nSPS) is 18.7. The van der Waals surface area contributed by atoms with E-state index < -0.39 is 0 Å². The van der Waals surface area contributed by atoms with Gasteiger partial charge in [-0.25, -0.2) is 4.98 Å². The largest absolute Gasteiger partial charge is 0.352 e. The number of likely N-dealkylation sites (tertiary alicyclic amines) is 1. The van der Waals surface area contributed by atoms with Crippen molar-refractivity contribution in [1.29, 1.82) is 0 Å². The van der Waals surface area contributed by atoms with Crippen LogP contribution >= 0.6 is 22.7 Å². The van der Waals surface area contributed by atoms with E-state index in [1.165, 1.54) is 34.7 Å². The van der Waals surface area contributed by atoms with Crippen molar-refractivity contribution in [3.8, 4) is 0 Å². The number of carbonyl (C=O) groups is 2. The molecule has 2 atom stereocenters. The quantitative estimate of drug-likeness (QED) is 0.484. The minimum absolute atomic E-state index is 0.0863. The molecule has 4 rings (SSSR count). The van der Waals surface area contributed by atoms with Gasteiger partial charge in [0.25, 0.3) is 5.91 Å². The van der Waals surface area contributed by atoms with Gasteiger partial charge in [0.05, 0.1) is 17.0 Å². The lowest BCUT2D eigenvalue weighted by Gasteiger charge is -2.35. The fourth-order valence-corrected chi connectivity index (χ4v) is 5.71. The highest BCUT2D eigenvalue weighted by Gasteiger charge is 2.21. The molecule has 174 valence electrons. The van der Waals surface area contributed by atoms with Crippen molar-refractivity contribution in [2.24, 2.45) is 11.8 Å². The lowest BCUT2D eigenvalue weighted by Crippen LogP contribution is -2.38. The van der Waals surface area contributed by atoms with E-state index in [0.29, 0.717) is 22.2 Å². The lowest BCUT2D eigenvalue weighted by atomic mass is 9.91. The fourth-order valence-electron chi connectivity index (χ4n) is 4.38. The third kappa shape index (κ3) is 6.96. The lowest BCUT2D eigenvalue weighted by molar-refractivity contribution is -0.120. The summed E-state index contributed by atoms with van der Waals surface area (Å²) in [6.45, 7) is 8.47. The van der Waals surface area contributed by atoms with Crippen LogP contribution in [0.15, 0.2) is 47.2 Å². The molecule has 8 heteroatoms. The van der Waals surface area contributed by atoms with Crippen LogP contribution in [-0.4, -0.2) is 34.8 Å². The summed E-state index contributed by atoms with van der Waals surface area (Å²) < 4.78 is 0. The first-order valence-corrected chi connectivity index (χ1v) is 13.1. The summed E-state index contributed by atoms with van der Waals surface area (Å²) in [7, 11) is 0. The third-order valence-electron chi connectivity index (χ3n) is 5.72. The van der Waals surface area contributed by atoms with Crippen LogP contribution in [0.1, 0.15) is 46.8 Å². The number of thiazole rings is 1. The highest BCUT2D eigenvalue weighted by atomic mass is 32.1. The Labute approximate surface area is 203 Å². The minimum Gasteiger partial charge on any atom is -0.352 e. The number of hydrogen-bond donors (Lipinski definition) is 2. The molecule has 0 aliphatic carbocycles. The Hall–Kier alpha value is -2.55. The molecule has 33 heavy (non-hydrogen) atoms. The Morgan fingerprint density at radius 3 is 2.48 bits per heavy atom. The minimum atomic E-state index is -0.178. The SMILES string of the molecule is CC1CC(C)CN(Cc2ccc(CNC(=O)Cc3csc(NC(=O)c4cccs4)n3)cc2)C1. The van der Waals surface area contributed by atoms with Gasteiger partial charge in [-0.3, -0.25) is 19.8 Å². The molecule has 2 amide bonds. The van der Waals surface area contributed by atoms with E-state index in [9.17, 15) is 9.59 Å². The van der Waals surface area contributed by atoms with Crippen LogP contribution in [0.4, 0.5) is 5.13 Å². The maximum atomic E-state index is 12.4. The molecule has 6 nitrogen and oxygen atoms in total. The standard InChI is InChI=1S/C25H30N4O2S2/c1-17-10-18(2)14-29(13-17)15-20-7-5-19(6-8-20)12-26-23(30)11-21-16-33-25(27-21)28-24(31)22-4-3-9-32-22/h3-9,16-18H,10-15H2,1-2H3,(H,26,30)(H,27,28,31). The molecule has 0 saturated carbocycles. The zero-order chi connectivity index (χ0) is 23.2. The third-order valence-corrected chi connectivity index (χ3v) is 7.40. The van der Waals surface area contributed by atoms with Gasteiger partial charge in [-0.2, -0.15) is 0 Å². The first-order valence-electron chi connectivity index (χ1n) is 11.3. The number of nitrogens with zero attached hydrogens (tertiary/aromatic N) is 2. The summed E-state index contributed by atoms with van der Waals surface area (Å²) in [5, 5.41) is 9.91. The predicted molar refractivity (Wildman–Crippen MR) is 135 cm³/mol. The van der Waals surface area contributed by atoms with Gasteiger partial charge >= 0.3 is 0 Å². The summed E-state index contributed by atoms with van der Waals surface area (Å²) >= 11 is 2.71. The van der Waals surface area contributed by atoms with Crippen molar-refractivity contribution < 1.29 is 9.59 Å². The number of anilines is 1. The average molecular weight is 483 g/mol. The van der Waals surface area contributed by atoms with Gasteiger partial charge in [-0.1, -0.05) is 44.2 Å². The van der Waals surface area contributed by atoms with Crippen LogP contribution in [0.3, 0.4) is 0 Å². The van der Waals surface area contributed by atoms with E-state index in [0.717, 1.165) is 37.0 Å². The van der Waals surface area contributed by atoms with Crippen LogP contribution < -0.4 is 10.6 Å². The molecule has 2 N–H and O–H groups in total. The number of benzene rings is 1. The Bertz CT molecular complexity index is 1050. The molecular formula is C25H30N4O2S2. The van der Waals surface area contributed by atoms with Gasteiger partial charge in [0.2, 0.25) is 5.91 Å². The van der Waals surface area contributed by atoms with Gasteiger partial charge in [0, 0.05) is 31.6 Å². The molecule has 0 bridgehead atoms. The van der Waals surface area contributed by atoms with Gasteiger partial charge in [0.15, 0.2) is 5.13 Å². The molecule has 2 aromatic heterocycles. The summed E-state index contributed by atoms with van der Waals surface area (Å²) in [5.41, 5.74) is 3.04. The summed E-state index contributed by atoms with van der Waals surface area (Å²) in [6.07, 6.45) is 1.51. The second kappa shape index (κ2) is 11.0. The van der Waals surface area contributed by atoms with E-state index >= 15 is 0 Å². The summed E-state index contributed by atoms with van der Waals surface area (Å²) in [4.78, 5) is 32.0. The van der Waals surface area contributed by atoms with E-state index in [4.69, 9.17) is 0 Å². The van der Waals surface area contributed by atoms with E-state index in [2.05, 4.69) is 58.6 Å². The maximum absolute atomic E-state index is 12.4. The average Bonchev–Trinajstić information content (AvgIpc) is 3.45. The second-order valence-corrected chi connectivity index (χ2v) is 10.8. The molecule has 1 aliphatic rings. The van der Waals surface area contributed by atoms with Crippen LogP contribution in [0.2, 0.25) is 0 Å². The number of hydrogen-bond acceptors (Lipinski definition) is 6. The predicted octanol–water partition coefficient (Wildman–Crippen LogP) is 4.79. The smallest absolute Gasteiger partial charge is 0.267 e. The highest BCUT2D eigenvalue weighted by molar-refractivity contribution is 7.14. The van der Waals surface area contributed by atoms with Gasteiger partial charge < -0.3 is 5.32 Å². The Balaban J connectivity index is 1.21. The molecule has 1 fully saturated rings. The van der Waals surface area contributed by atoms with Crippen LogP contribution in [-0.2, 0) is 24.3 Å². The van der Waals surface area contributed by atoms with Crippen molar-refractivity contribution in [3.63, 3.8) is 0 Å².